The Labute approximate surface area is 117 Å². The van der Waals surface area contributed by atoms with Crippen LogP contribution in [0.1, 0.15) is 5.56 Å². The second-order valence-electron chi connectivity index (χ2n) is 4.15. The summed E-state index contributed by atoms with van der Waals surface area (Å²) in [4.78, 5) is 7.70. The molecule has 0 aliphatic carbocycles. The zero-order valence-electron chi connectivity index (χ0n) is 9.89. The van der Waals surface area contributed by atoms with Gasteiger partial charge in [0.2, 0.25) is 0 Å². The van der Waals surface area contributed by atoms with Crippen LogP contribution in [0.4, 0.5) is 13.2 Å². The van der Waals surface area contributed by atoms with Crippen molar-refractivity contribution in [3.05, 3.63) is 53.6 Å². The molecule has 1 aromatic rings. The molecule has 3 rings (SSSR count). The Balaban J connectivity index is 2.15. The minimum absolute atomic E-state index is 0.0325. The lowest BCUT2D eigenvalue weighted by Crippen LogP contribution is -2.07. The lowest BCUT2D eigenvalue weighted by Gasteiger charge is -2.12. The SMILES string of the molecule is FC(F)(F)c1cnc2n(-c3ccc(Cl)cc3)cncc1-2. The topological polar surface area (TPSA) is 30.7 Å². The molecule has 20 heavy (non-hydrogen) atoms. The molecule has 0 saturated carbocycles. The van der Waals surface area contributed by atoms with E-state index in [0.29, 0.717) is 10.7 Å². The van der Waals surface area contributed by atoms with Gasteiger partial charge in [-0.15, -0.1) is 0 Å². The quantitative estimate of drug-likeness (QED) is 0.678. The van der Waals surface area contributed by atoms with Crippen LogP contribution in [0.25, 0.3) is 17.1 Å². The molecule has 3 nitrogen and oxygen atoms in total. The fourth-order valence-electron chi connectivity index (χ4n) is 1.95. The summed E-state index contributed by atoms with van der Waals surface area (Å²) in [6.07, 6.45) is -1.05. The van der Waals surface area contributed by atoms with Gasteiger partial charge in [-0.1, -0.05) is 11.6 Å². The molecule has 1 aromatic carbocycles. The standard InChI is InChI=1S/C13H7ClF3N3/c14-8-1-3-9(4-2-8)20-7-18-5-10-11(13(15,16)17)6-19-12(10)20/h1-7H. The fourth-order valence-corrected chi connectivity index (χ4v) is 2.08. The first-order valence-electron chi connectivity index (χ1n) is 5.61. The Kier molecular flexibility index (Phi) is 2.90. The Bertz CT molecular complexity index is 719. The molecule has 0 bridgehead atoms. The van der Waals surface area contributed by atoms with Crippen molar-refractivity contribution in [1.82, 2.24) is 14.5 Å². The van der Waals surface area contributed by atoms with Crippen molar-refractivity contribution in [1.29, 1.82) is 0 Å². The first-order valence-corrected chi connectivity index (χ1v) is 5.99. The van der Waals surface area contributed by atoms with Crippen molar-refractivity contribution < 1.29 is 13.2 Å². The van der Waals surface area contributed by atoms with Gasteiger partial charge in [0, 0.05) is 28.7 Å². The third kappa shape index (κ3) is 2.12. The third-order valence-corrected chi connectivity index (χ3v) is 3.12. The number of hydrogen-bond acceptors (Lipinski definition) is 2. The van der Waals surface area contributed by atoms with Crippen molar-refractivity contribution in [2.24, 2.45) is 0 Å². The summed E-state index contributed by atoms with van der Waals surface area (Å²) in [5.74, 6) is 0.203. The zero-order valence-corrected chi connectivity index (χ0v) is 10.7. The Morgan fingerprint density at radius 1 is 1.05 bits per heavy atom. The molecule has 2 aliphatic heterocycles. The number of hydrogen-bond donors (Lipinski definition) is 0. The number of alkyl halides is 3. The van der Waals surface area contributed by atoms with Crippen LogP contribution in [-0.2, 0) is 6.18 Å². The second kappa shape index (κ2) is 4.49. The molecule has 0 saturated heterocycles. The molecule has 0 fully saturated rings. The number of aromatic nitrogens is 3. The van der Waals surface area contributed by atoms with E-state index in [4.69, 9.17) is 11.6 Å². The molecule has 0 aromatic heterocycles. The van der Waals surface area contributed by atoms with Crippen molar-refractivity contribution >= 4 is 11.6 Å². The summed E-state index contributed by atoms with van der Waals surface area (Å²) in [6, 6.07) is 6.67. The number of halogens is 4. The number of fused-ring (bicyclic) bond motifs is 1. The summed E-state index contributed by atoms with van der Waals surface area (Å²) in [5.41, 5.74) is -0.183. The van der Waals surface area contributed by atoms with Crippen molar-refractivity contribution in [3.63, 3.8) is 0 Å². The van der Waals surface area contributed by atoms with Crippen LogP contribution in [0.2, 0.25) is 5.02 Å². The normalized spacial score (nSPS) is 12.0. The molecule has 0 N–H and O–H groups in total. The van der Waals surface area contributed by atoms with Crippen LogP contribution < -0.4 is 0 Å². The van der Waals surface area contributed by atoms with E-state index in [1.54, 1.807) is 24.3 Å². The van der Waals surface area contributed by atoms with E-state index in [-0.39, 0.29) is 11.4 Å². The number of nitrogens with zero attached hydrogens (tertiary/aromatic N) is 3. The van der Waals surface area contributed by atoms with Gasteiger partial charge in [0.25, 0.3) is 0 Å². The van der Waals surface area contributed by atoms with Gasteiger partial charge in [-0.2, -0.15) is 13.2 Å². The number of rotatable bonds is 1. The molecule has 0 unspecified atom stereocenters. The maximum atomic E-state index is 12.8. The van der Waals surface area contributed by atoms with E-state index in [1.165, 1.54) is 10.9 Å². The highest BCUT2D eigenvalue weighted by Gasteiger charge is 2.36. The van der Waals surface area contributed by atoms with Crippen LogP contribution in [0.3, 0.4) is 0 Å². The molecule has 2 aliphatic rings. The zero-order chi connectivity index (χ0) is 14.3. The number of benzene rings is 1. The van der Waals surface area contributed by atoms with Crippen molar-refractivity contribution in [2.75, 3.05) is 0 Å². The van der Waals surface area contributed by atoms with E-state index >= 15 is 0 Å². The molecule has 0 amide bonds. The van der Waals surface area contributed by atoms with E-state index in [0.717, 1.165) is 12.4 Å². The van der Waals surface area contributed by atoms with E-state index in [2.05, 4.69) is 9.97 Å². The highest BCUT2D eigenvalue weighted by atomic mass is 35.5. The minimum atomic E-state index is -4.45. The van der Waals surface area contributed by atoms with Crippen LogP contribution in [-0.4, -0.2) is 14.5 Å². The van der Waals surface area contributed by atoms with Crippen molar-refractivity contribution in [3.8, 4) is 17.1 Å². The smallest absolute Gasteiger partial charge is 0.285 e. The molecule has 0 atom stereocenters. The summed E-state index contributed by atoms with van der Waals surface area (Å²) < 4.78 is 40.0. The predicted molar refractivity (Wildman–Crippen MR) is 68.0 cm³/mol. The first kappa shape index (κ1) is 12.9. The highest BCUT2D eigenvalue weighted by Crippen LogP contribution is 2.38. The van der Waals surface area contributed by atoms with Gasteiger partial charge in [-0.05, 0) is 24.3 Å². The maximum Gasteiger partial charge on any atom is 0.418 e. The highest BCUT2D eigenvalue weighted by molar-refractivity contribution is 6.30. The Hall–Kier alpha value is -2.08. The minimum Gasteiger partial charge on any atom is -0.285 e. The van der Waals surface area contributed by atoms with Gasteiger partial charge in [0.05, 0.1) is 5.56 Å². The second-order valence-corrected chi connectivity index (χ2v) is 4.58. The summed E-state index contributed by atoms with van der Waals surface area (Å²) in [6.45, 7) is 0. The van der Waals surface area contributed by atoms with Gasteiger partial charge < -0.3 is 0 Å². The van der Waals surface area contributed by atoms with Crippen LogP contribution in [0.15, 0.2) is 43.0 Å². The Morgan fingerprint density at radius 3 is 2.40 bits per heavy atom. The van der Waals surface area contributed by atoms with Gasteiger partial charge in [0.15, 0.2) is 0 Å². The van der Waals surface area contributed by atoms with Gasteiger partial charge in [0.1, 0.15) is 12.2 Å². The van der Waals surface area contributed by atoms with Gasteiger partial charge in [-0.3, -0.25) is 4.57 Å². The van der Waals surface area contributed by atoms with E-state index in [1.807, 2.05) is 0 Å². The lowest BCUT2D eigenvalue weighted by molar-refractivity contribution is -0.137. The Morgan fingerprint density at radius 2 is 1.75 bits per heavy atom. The molecule has 0 radical (unpaired) electrons. The molecule has 102 valence electrons. The maximum absolute atomic E-state index is 12.8. The van der Waals surface area contributed by atoms with E-state index < -0.39 is 11.7 Å². The summed E-state index contributed by atoms with van der Waals surface area (Å²) in [7, 11) is 0. The molecule has 0 spiro atoms. The largest absolute Gasteiger partial charge is 0.418 e. The van der Waals surface area contributed by atoms with Gasteiger partial charge >= 0.3 is 6.18 Å². The van der Waals surface area contributed by atoms with Crippen LogP contribution in [0.5, 0.6) is 0 Å². The third-order valence-electron chi connectivity index (χ3n) is 2.87. The molecular formula is C13H7ClF3N3. The summed E-state index contributed by atoms with van der Waals surface area (Å²) >= 11 is 5.79. The molecule has 7 heteroatoms. The van der Waals surface area contributed by atoms with Crippen LogP contribution in [0, 0.1) is 0 Å². The molecular weight excluding hydrogens is 291 g/mol. The molecule has 2 heterocycles. The fraction of sp³-hybridized carbons (Fsp3) is 0.0769. The monoisotopic (exact) mass is 297 g/mol. The first-order chi connectivity index (χ1) is 9.47. The summed E-state index contributed by atoms with van der Waals surface area (Å²) in [5, 5.41) is 0.543. The predicted octanol–water partition coefficient (Wildman–Crippen LogP) is 4.04. The van der Waals surface area contributed by atoms with Crippen LogP contribution >= 0.6 is 11.6 Å². The average Bonchev–Trinajstić information content (AvgIpc) is 2.83. The lowest BCUT2D eigenvalue weighted by atomic mass is 10.2. The van der Waals surface area contributed by atoms with Gasteiger partial charge in [-0.25, -0.2) is 9.97 Å². The average molecular weight is 298 g/mol. The van der Waals surface area contributed by atoms with Crippen molar-refractivity contribution in [2.45, 2.75) is 6.18 Å². The van der Waals surface area contributed by atoms with E-state index in [9.17, 15) is 13.2 Å².